The van der Waals surface area contributed by atoms with Gasteiger partial charge in [-0.1, -0.05) is 38.8 Å². The van der Waals surface area contributed by atoms with Crippen molar-refractivity contribution in [3.05, 3.63) is 0 Å². The Bertz CT molecular complexity index is 798. The lowest BCUT2D eigenvalue weighted by Crippen LogP contribution is -2.53. The summed E-state index contributed by atoms with van der Waals surface area (Å²) in [5.74, 6) is 4.74. The maximum atomic E-state index is 12.6. The zero-order chi connectivity index (χ0) is 24.1. The van der Waals surface area contributed by atoms with Crippen molar-refractivity contribution in [3.63, 3.8) is 0 Å². The van der Waals surface area contributed by atoms with Gasteiger partial charge in [-0.2, -0.15) is 0 Å². The Hall–Kier alpha value is -1.10. The third-order valence-corrected chi connectivity index (χ3v) is 11.6. The molecule has 0 radical (unpaired) electrons. The van der Waals surface area contributed by atoms with Crippen LogP contribution in [-0.4, -0.2) is 42.9 Å². The molecule has 0 spiro atoms. The average molecular weight is 472 g/mol. The number of nitrogens with zero attached hydrogens (tertiary/aromatic N) is 2. The van der Waals surface area contributed by atoms with Crippen LogP contribution in [-0.2, 0) is 4.84 Å². The Kier molecular flexibility index (Phi) is 6.80. The standard InChI is InChI=1S/C29H49N3O2/c1-19-16-22(30-17-19)18-32(5)27(33)34-31-20(2)24-11-12-25-23-10-9-21-8-6-7-14-28(21,3)26(23)13-15-29(24,25)4/h19,21-26,30H,6-18H2,1-5H3/b31-20+. The van der Waals surface area contributed by atoms with Gasteiger partial charge in [-0.15, -0.1) is 0 Å². The van der Waals surface area contributed by atoms with Crippen LogP contribution in [0.25, 0.3) is 0 Å². The fourth-order valence-electron chi connectivity index (χ4n) is 9.79. The molecule has 0 bridgehead atoms. The molecule has 4 saturated carbocycles. The van der Waals surface area contributed by atoms with E-state index in [0.717, 1.165) is 42.3 Å². The number of carbonyl (C=O) groups is 1. The zero-order valence-electron chi connectivity index (χ0n) is 22.4. The summed E-state index contributed by atoms with van der Waals surface area (Å²) in [6.07, 6.45) is 14.8. The van der Waals surface area contributed by atoms with Crippen LogP contribution in [0.5, 0.6) is 0 Å². The third kappa shape index (κ3) is 4.22. The van der Waals surface area contributed by atoms with Crippen LogP contribution >= 0.6 is 0 Å². The van der Waals surface area contributed by atoms with Crippen LogP contribution < -0.4 is 5.32 Å². The molecule has 1 N–H and O–H groups in total. The summed E-state index contributed by atoms with van der Waals surface area (Å²) >= 11 is 0. The Balaban J connectivity index is 1.22. The van der Waals surface area contributed by atoms with Crippen molar-refractivity contribution in [2.45, 2.75) is 104 Å². The quantitative estimate of drug-likeness (QED) is 0.290. The van der Waals surface area contributed by atoms with E-state index in [-0.39, 0.29) is 6.09 Å². The number of carbonyl (C=O) groups excluding carboxylic acids is 1. The molecule has 1 saturated heterocycles. The Morgan fingerprint density at radius 1 is 1.03 bits per heavy atom. The molecule has 0 aromatic rings. The summed E-state index contributed by atoms with van der Waals surface area (Å²) in [5, 5.41) is 7.94. The lowest BCUT2D eigenvalue weighted by molar-refractivity contribution is -0.106. The van der Waals surface area contributed by atoms with Gasteiger partial charge in [0, 0.05) is 25.6 Å². The summed E-state index contributed by atoms with van der Waals surface area (Å²) in [4.78, 5) is 19.8. The predicted octanol–water partition coefficient (Wildman–Crippen LogP) is 6.48. The molecule has 4 aliphatic carbocycles. The molecule has 9 atom stereocenters. The zero-order valence-corrected chi connectivity index (χ0v) is 22.4. The number of oxime groups is 1. The van der Waals surface area contributed by atoms with Gasteiger partial charge in [0.2, 0.25) is 0 Å². The van der Waals surface area contributed by atoms with Crippen molar-refractivity contribution in [2.24, 2.45) is 51.5 Å². The highest BCUT2D eigenvalue weighted by Crippen LogP contribution is 2.67. The van der Waals surface area contributed by atoms with E-state index < -0.39 is 0 Å². The number of rotatable bonds is 4. The van der Waals surface area contributed by atoms with Gasteiger partial charge in [0.15, 0.2) is 0 Å². The fourth-order valence-corrected chi connectivity index (χ4v) is 9.79. The predicted molar refractivity (Wildman–Crippen MR) is 138 cm³/mol. The fraction of sp³-hybridized carbons (Fsp3) is 0.931. The first-order valence-electron chi connectivity index (χ1n) is 14.4. The van der Waals surface area contributed by atoms with Crippen LogP contribution in [0, 0.1) is 46.3 Å². The van der Waals surface area contributed by atoms with Crippen molar-refractivity contribution in [1.29, 1.82) is 0 Å². The molecule has 192 valence electrons. The molecule has 0 aromatic heterocycles. The monoisotopic (exact) mass is 471 g/mol. The van der Waals surface area contributed by atoms with E-state index in [1.165, 1.54) is 64.2 Å². The number of hydrogen-bond acceptors (Lipinski definition) is 4. The van der Waals surface area contributed by atoms with E-state index >= 15 is 0 Å². The lowest BCUT2D eigenvalue weighted by atomic mass is 9.45. The molecule has 5 heteroatoms. The van der Waals surface area contributed by atoms with Gasteiger partial charge in [-0.25, -0.2) is 4.79 Å². The third-order valence-electron chi connectivity index (χ3n) is 11.6. The van der Waals surface area contributed by atoms with Gasteiger partial charge in [-0.05, 0) is 112 Å². The van der Waals surface area contributed by atoms with Crippen LogP contribution in [0.2, 0.25) is 0 Å². The molecular formula is C29H49N3O2. The van der Waals surface area contributed by atoms with Crippen molar-refractivity contribution in [3.8, 4) is 0 Å². The molecule has 1 aliphatic heterocycles. The summed E-state index contributed by atoms with van der Waals surface area (Å²) in [6.45, 7) is 11.3. The summed E-state index contributed by atoms with van der Waals surface area (Å²) < 4.78 is 0. The number of nitrogens with one attached hydrogen (secondary N) is 1. The van der Waals surface area contributed by atoms with Crippen molar-refractivity contribution >= 4 is 11.8 Å². The average Bonchev–Trinajstić information content (AvgIpc) is 3.38. The molecule has 9 unspecified atom stereocenters. The summed E-state index contributed by atoms with van der Waals surface area (Å²) in [7, 11) is 1.83. The lowest BCUT2D eigenvalue weighted by Gasteiger charge is -2.60. The number of amides is 1. The highest BCUT2D eigenvalue weighted by atomic mass is 16.7. The van der Waals surface area contributed by atoms with Gasteiger partial charge in [0.25, 0.3) is 0 Å². The van der Waals surface area contributed by atoms with E-state index in [0.29, 0.717) is 35.3 Å². The normalized spacial score (nSPS) is 46.4. The second kappa shape index (κ2) is 9.41. The molecule has 0 aromatic carbocycles. The van der Waals surface area contributed by atoms with Crippen molar-refractivity contribution < 1.29 is 9.63 Å². The van der Waals surface area contributed by atoms with E-state index in [9.17, 15) is 4.79 Å². The van der Waals surface area contributed by atoms with Crippen LogP contribution in [0.4, 0.5) is 4.79 Å². The molecular weight excluding hydrogens is 422 g/mol. The highest BCUT2D eigenvalue weighted by molar-refractivity contribution is 5.85. The number of fused-ring (bicyclic) bond motifs is 5. The SMILES string of the molecule is C/C(=N\OC(=O)N(C)CC1CC(C)CN1)C1CCC2C3CCC4CCCCC4(C)C3CCC12C. The first-order valence-corrected chi connectivity index (χ1v) is 14.4. The first kappa shape index (κ1) is 24.6. The highest BCUT2D eigenvalue weighted by Gasteiger charge is 2.60. The van der Waals surface area contributed by atoms with Crippen LogP contribution in [0.3, 0.4) is 0 Å². The van der Waals surface area contributed by atoms with Crippen LogP contribution in [0.15, 0.2) is 5.16 Å². The molecule has 5 fully saturated rings. The molecule has 1 heterocycles. The topological polar surface area (TPSA) is 53.9 Å². The molecule has 5 rings (SSSR count). The maximum absolute atomic E-state index is 12.6. The molecule has 5 aliphatic rings. The Morgan fingerprint density at radius 3 is 2.59 bits per heavy atom. The van der Waals surface area contributed by atoms with Gasteiger partial charge < -0.3 is 10.2 Å². The van der Waals surface area contributed by atoms with E-state index in [1.54, 1.807) is 4.90 Å². The number of hydrogen-bond donors (Lipinski definition) is 1. The maximum Gasteiger partial charge on any atom is 0.435 e. The van der Waals surface area contributed by atoms with Crippen molar-refractivity contribution in [1.82, 2.24) is 10.2 Å². The van der Waals surface area contributed by atoms with Crippen LogP contribution in [0.1, 0.15) is 98.3 Å². The van der Waals surface area contributed by atoms with Gasteiger partial charge in [0.1, 0.15) is 0 Å². The van der Waals surface area contributed by atoms with Gasteiger partial charge in [0.05, 0.1) is 5.71 Å². The first-order chi connectivity index (χ1) is 16.2. The summed E-state index contributed by atoms with van der Waals surface area (Å²) in [5.41, 5.74) is 1.94. The minimum atomic E-state index is -0.326. The molecule has 5 nitrogen and oxygen atoms in total. The largest absolute Gasteiger partial charge is 0.435 e. The number of likely N-dealkylation sites (N-methyl/N-ethyl adjacent to an activating group) is 1. The van der Waals surface area contributed by atoms with Gasteiger partial charge >= 0.3 is 6.09 Å². The smallest absolute Gasteiger partial charge is 0.312 e. The van der Waals surface area contributed by atoms with Gasteiger partial charge in [-0.3, -0.25) is 4.84 Å². The minimum absolute atomic E-state index is 0.314. The Labute approximate surface area is 207 Å². The van der Waals surface area contributed by atoms with E-state index in [1.807, 2.05) is 7.05 Å². The van der Waals surface area contributed by atoms with E-state index in [4.69, 9.17) is 4.84 Å². The second-order valence-corrected chi connectivity index (χ2v) is 13.5. The molecule has 34 heavy (non-hydrogen) atoms. The second-order valence-electron chi connectivity index (χ2n) is 13.5. The van der Waals surface area contributed by atoms with Crippen molar-refractivity contribution in [2.75, 3.05) is 20.1 Å². The van der Waals surface area contributed by atoms with E-state index in [2.05, 4.69) is 38.2 Å². The Morgan fingerprint density at radius 2 is 1.82 bits per heavy atom. The summed E-state index contributed by atoms with van der Waals surface area (Å²) in [6, 6.07) is 0.364. The minimum Gasteiger partial charge on any atom is -0.312 e. The molecule has 1 amide bonds.